The molecule has 1 heterocycles. The van der Waals surface area contributed by atoms with E-state index >= 15 is 0 Å². The summed E-state index contributed by atoms with van der Waals surface area (Å²) in [5.41, 5.74) is 7.83. The second kappa shape index (κ2) is 5.21. The Morgan fingerprint density at radius 1 is 1.44 bits per heavy atom. The van der Waals surface area contributed by atoms with Crippen LogP contribution in [0.5, 0.6) is 0 Å². The van der Waals surface area contributed by atoms with Gasteiger partial charge in [0, 0.05) is 12.6 Å². The van der Waals surface area contributed by atoms with E-state index in [2.05, 4.69) is 31.2 Å². The van der Waals surface area contributed by atoms with Crippen molar-refractivity contribution in [2.24, 2.45) is 11.8 Å². The van der Waals surface area contributed by atoms with Gasteiger partial charge in [-0.2, -0.15) is 5.10 Å². The first kappa shape index (κ1) is 13.2. The number of hydrogen-bond acceptors (Lipinski definition) is 3. The third-order valence-corrected chi connectivity index (χ3v) is 3.98. The lowest BCUT2D eigenvalue weighted by Gasteiger charge is -2.16. The maximum Gasteiger partial charge on any atom is 0.148 e. The molecule has 4 nitrogen and oxygen atoms in total. The molecule has 0 radical (unpaired) electrons. The van der Waals surface area contributed by atoms with Crippen LogP contribution in [0.15, 0.2) is 0 Å². The average molecular weight is 250 g/mol. The van der Waals surface area contributed by atoms with Gasteiger partial charge in [-0.1, -0.05) is 13.3 Å². The van der Waals surface area contributed by atoms with E-state index in [1.54, 1.807) is 0 Å². The van der Waals surface area contributed by atoms with Crippen molar-refractivity contribution in [2.45, 2.75) is 53.0 Å². The number of nitrogen functional groups attached to an aromatic ring is 1. The van der Waals surface area contributed by atoms with Gasteiger partial charge in [0.1, 0.15) is 5.82 Å². The molecule has 1 saturated carbocycles. The minimum Gasteiger partial charge on any atom is -0.394 e. The van der Waals surface area contributed by atoms with Crippen molar-refractivity contribution in [1.82, 2.24) is 9.78 Å². The number of aryl methyl sites for hydroxylation is 1. The number of hydrogen-bond donors (Lipinski definition) is 2. The van der Waals surface area contributed by atoms with E-state index < -0.39 is 0 Å². The third kappa shape index (κ3) is 2.62. The van der Waals surface area contributed by atoms with Crippen molar-refractivity contribution < 1.29 is 0 Å². The fraction of sp³-hybridized carbons (Fsp3) is 0.786. The molecule has 4 heteroatoms. The topological polar surface area (TPSA) is 55.9 Å². The lowest BCUT2D eigenvalue weighted by atomic mass is 10.1. The van der Waals surface area contributed by atoms with Gasteiger partial charge in [-0.25, -0.2) is 4.68 Å². The summed E-state index contributed by atoms with van der Waals surface area (Å²) in [6.07, 6.45) is 4.04. The molecule has 102 valence electrons. The summed E-state index contributed by atoms with van der Waals surface area (Å²) >= 11 is 0. The summed E-state index contributed by atoms with van der Waals surface area (Å²) in [6.45, 7) is 9.60. The van der Waals surface area contributed by atoms with Crippen molar-refractivity contribution >= 4 is 11.5 Å². The zero-order chi connectivity index (χ0) is 13.3. The minimum atomic E-state index is 0.339. The highest BCUT2D eigenvalue weighted by Gasteiger charge is 2.22. The van der Waals surface area contributed by atoms with E-state index in [0.717, 1.165) is 35.6 Å². The predicted molar refractivity (Wildman–Crippen MR) is 76.8 cm³/mol. The maximum atomic E-state index is 6.11. The summed E-state index contributed by atoms with van der Waals surface area (Å²) in [6, 6.07) is 0.339. The normalized spacial score (nSPS) is 23.8. The van der Waals surface area contributed by atoms with E-state index in [4.69, 9.17) is 5.73 Å². The molecule has 3 N–H and O–H groups in total. The molecular formula is C14H26N4. The zero-order valence-electron chi connectivity index (χ0n) is 12.0. The Morgan fingerprint density at radius 2 is 2.17 bits per heavy atom. The molecule has 2 atom stereocenters. The van der Waals surface area contributed by atoms with E-state index in [1.165, 1.54) is 19.3 Å². The number of nitrogens with one attached hydrogen (secondary N) is 1. The van der Waals surface area contributed by atoms with Gasteiger partial charge in [0.25, 0.3) is 0 Å². The highest BCUT2D eigenvalue weighted by Crippen LogP contribution is 2.32. The molecule has 2 unspecified atom stereocenters. The lowest BCUT2D eigenvalue weighted by Crippen LogP contribution is -2.16. The van der Waals surface area contributed by atoms with Gasteiger partial charge in [-0.05, 0) is 45.4 Å². The Kier molecular flexibility index (Phi) is 3.83. The monoisotopic (exact) mass is 250 g/mol. The lowest BCUT2D eigenvalue weighted by molar-refractivity contribution is 0.516. The first-order valence-corrected chi connectivity index (χ1v) is 7.07. The summed E-state index contributed by atoms with van der Waals surface area (Å²) in [5.74, 6) is 2.67. The van der Waals surface area contributed by atoms with Gasteiger partial charge in [-0.15, -0.1) is 0 Å². The molecule has 1 aromatic heterocycles. The predicted octanol–water partition coefficient (Wildman–Crippen LogP) is 3.20. The Balaban J connectivity index is 2.04. The Bertz CT molecular complexity index is 408. The molecule has 0 aromatic carbocycles. The Morgan fingerprint density at radius 3 is 2.72 bits per heavy atom. The molecule has 1 aliphatic carbocycles. The van der Waals surface area contributed by atoms with Crippen molar-refractivity contribution in [1.29, 1.82) is 0 Å². The van der Waals surface area contributed by atoms with E-state index in [0.29, 0.717) is 6.04 Å². The number of anilines is 2. The van der Waals surface area contributed by atoms with Crippen molar-refractivity contribution in [2.75, 3.05) is 17.6 Å². The molecule has 0 spiro atoms. The van der Waals surface area contributed by atoms with E-state index in [-0.39, 0.29) is 0 Å². The smallest absolute Gasteiger partial charge is 0.148 e. The summed E-state index contributed by atoms with van der Waals surface area (Å²) in [4.78, 5) is 0. The van der Waals surface area contributed by atoms with Gasteiger partial charge in [0.2, 0.25) is 0 Å². The van der Waals surface area contributed by atoms with Crippen molar-refractivity contribution in [3.8, 4) is 0 Å². The Labute approximate surface area is 110 Å². The fourth-order valence-corrected chi connectivity index (χ4v) is 2.86. The van der Waals surface area contributed by atoms with E-state index in [9.17, 15) is 0 Å². The van der Waals surface area contributed by atoms with Crippen LogP contribution < -0.4 is 11.1 Å². The molecule has 1 aliphatic rings. The summed E-state index contributed by atoms with van der Waals surface area (Å²) in [5, 5.41) is 8.02. The molecule has 0 amide bonds. The van der Waals surface area contributed by atoms with Gasteiger partial charge >= 0.3 is 0 Å². The van der Waals surface area contributed by atoms with E-state index in [1.807, 2.05) is 11.6 Å². The fourth-order valence-electron chi connectivity index (χ4n) is 2.86. The van der Waals surface area contributed by atoms with Crippen molar-refractivity contribution in [3.63, 3.8) is 0 Å². The SMILES string of the molecule is Cc1nn(C(C)C)c(NCC2CCC(C)C2)c1N. The van der Waals surface area contributed by atoms with Crippen LogP contribution >= 0.6 is 0 Å². The first-order chi connectivity index (χ1) is 8.49. The standard InChI is InChI=1S/C14H26N4/c1-9(2)18-14(13(15)11(4)17-18)16-8-12-6-5-10(3)7-12/h9-10,12,16H,5-8,15H2,1-4H3. The summed E-state index contributed by atoms with van der Waals surface area (Å²) < 4.78 is 2.00. The second-order valence-corrected chi connectivity index (χ2v) is 6.05. The van der Waals surface area contributed by atoms with Crippen LogP contribution in [-0.2, 0) is 0 Å². The van der Waals surface area contributed by atoms with Crippen LogP contribution in [-0.4, -0.2) is 16.3 Å². The number of aromatic nitrogens is 2. The molecule has 2 rings (SSSR count). The minimum absolute atomic E-state index is 0.339. The van der Waals surface area contributed by atoms with Crippen LogP contribution in [0, 0.1) is 18.8 Å². The van der Waals surface area contributed by atoms with Gasteiger partial charge in [-0.3, -0.25) is 0 Å². The molecular weight excluding hydrogens is 224 g/mol. The van der Waals surface area contributed by atoms with Crippen molar-refractivity contribution in [3.05, 3.63) is 5.69 Å². The molecule has 0 aliphatic heterocycles. The number of nitrogens with two attached hydrogens (primary N) is 1. The molecule has 0 bridgehead atoms. The molecule has 18 heavy (non-hydrogen) atoms. The van der Waals surface area contributed by atoms with Crippen LogP contribution in [0.1, 0.15) is 51.8 Å². The summed E-state index contributed by atoms with van der Waals surface area (Å²) in [7, 11) is 0. The highest BCUT2D eigenvalue weighted by atomic mass is 15.4. The molecule has 0 saturated heterocycles. The Hall–Kier alpha value is -1.19. The zero-order valence-corrected chi connectivity index (χ0v) is 12.0. The maximum absolute atomic E-state index is 6.11. The number of nitrogens with zero attached hydrogens (tertiary/aromatic N) is 2. The van der Waals surface area contributed by atoms with Crippen LogP contribution in [0.25, 0.3) is 0 Å². The van der Waals surface area contributed by atoms with Gasteiger partial charge in [0.05, 0.1) is 11.4 Å². The molecule has 1 aromatic rings. The van der Waals surface area contributed by atoms with Gasteiger partial charge in [0.15, 0.2) is 0 Å². The van der Waals surface area contributed by atoms with Gasteiger partial charge < -0.3 is 11.1 Å². The average Bonchev–Trinajstić information content (AvgIpc) is 2.83. The second-order valence-electron chi connectivity index (χ2n) is 6.05. The quantitative estimate of drug-likeness (QED) is 0.862. The molecule has 1 fully saturated rings. The van der Waals surface area contributed by atoms with Crippen LogP contribution in [0.4, 0.5) is 11.5 Å². The number of rotatable bonds is 4. The first-order valence-electron chi connectivity index (χ1n) is 7.07. The third-order valence-electron chi connectivity index (χ3n) is 3.98. The van der Waals surface area contributed by atoms with Crippen LogP contribution in [0.3, 0.4) is 0 Å². The largest absolute Gasteiger partial charge is 0.394 e. The van der Waals surface area contributed by atoms with Crippen LogP contribution in [0.2, 0.25) is 0 Å². The highest BCUT2D eigenvalue weighted by molar-refractivity contribution is 5.64.